The molecule has 3 N–H and O–H groups in total. The fourth-order valence-corrected chi connectivity index (χ4v) is 2.00. The first-order valence-electron chi connectivity index (χ1n) is 5.53. The molecule has 0 aliphatic heterocycles. The van der Waals surface area contributed by atoms with Crippen LogP contribution in [-0.2, 0) is 4.79 Å². The fourth-order valence-electron chi connectivity index (χ4n) is 2.00. The van der Waals surface area contributed by atoms with E-state index in [1.807, 2.05) is 39.0 Å². The van der Waals surface area contributed by atoms with Crippen molar-refractivity contribution in [1.82, 2.24) is 0 Å². The maximum Gasteiger partial charge on any atom is 0.308 e. The van der Waals surface area contributed by atoms with E-state index in [-0.39, 0.29) is 0 Å². The molecular weight excluding hydrogens is 202 g/mol. The largest absolute Gasteiger partial charge is 0.481 e. The van der Waals surface area contributed by atoms with Crippen molar-refractivity contribution in [2.45, 2.75) is 33.2 Å². The number of rotatable bonds is 4. The number of carboxylic acids is 1. The van der Waals surface area contributed by atoms with Crippen LogP contribution >= 0.6 is 0 Å². The van der Waals surface area contributed by atoms with Gasteiger partial charge >= 0.3 is 5.97 Å². The molecule has 2 unspecified atom stereocenters. The number of aryl methyl sites for hydroxylation is 2. The summed E-state index contributed by atoms with van der Waals surface area (Å²) >= 11 is 0. The van der Waals surface area contributed by atoms with E-state index in [0.29, 0.717) is 6.42 Å². The Morgan fingerprint density at radius 1 is 1.44 bits per heavy atom. The fraction of sp³-hybridized carbons (Fsp3) is 0.462. The van der Waals surface area contributed by atoms with E-state index in [1.54, 1.807) is 0 Å². The van der Waals surface area contributed by atoms with Crippen LogP contribution in [0.25, 0.3) is 0 Å². The first-order chi connectivity index (χ1) is 7.47. The smallest absolute Gasteiger partial charge is 0.308 e. The van der Waals surface area contributed by atoms with Crippen LogP contribution in [0.1, 0.15) is 36.1 Å². The number of nitrogens with two attached hydrogens (primary N) is 1. The van der Waals surface area contributed by atoms with E-state index in [2.05, 4.69) is 0 Å². The van der Waals surface area contributed by atoms with E-state index < -0.39 is 17.9 Å². The van der Waals surface area contributed by atoms with E-state index >= 15 is 0 Å². The van der Waals surface area contributed by atoms with Gasteiger partial charge in [-0.05, 0) is 31.4 Å². The molecule has 0 aliphatic rings. The third kappa shape index (κ3) is 2.61. The molecule has 0 spiro atoms. The number of carbonyl (C=O) groups is 1. The molecule has 3 nitrogen and oxygen atoms in total. The zero-order valence-electron chi connectivity index (χ0n) is 10.0. The highest BCUT2D eigenvalue weighted by Gasteiger charge is 2.25. The molecule has 0 aromatic heterocycles. The van der Waals surface area contributed by atoms with Crippen molar-refractivity contribution < 1.29 is 9.90 Å². The van der Waals surface area contributed by atoms with E-state index in [9.17, 15) is 4.79 Å². The number of hydrogen-bond acceptors (Lipinski definition) is 2. The number of hydrogen-bond donors (Lipinski definition) is 2. The average molecular weight is 221 g/mol. The summed E-state index contributed by atoms with van der Waals surface area (Å²) in [5.74, 6) is -1.34. The molecule has 16 heavy (non-hydrogen) atoms. The lowest BCUT2D eigenvalue weighted by Crippen LogP contribution is -2.28. The topological polar surface area (TPSA) is 63.3 Å². The minimum atomic E-state index is -0.824. The van der Waals surface area contributed by atoms with Crippen LogP contribution < -0.4 is 5.73 Å². The molecule has 0 radical (unpaired) electrons. The normalized spacial score (nSPS) is 14.5. The van der Waals surface area contributed by atoms with Crippen LogP contribution in [0.3, 0.4) is 0 Å². The third-order valence-electron chi connectivity index (χ3n) is 2.97. The molecule has 0 fully saturated rings. The lowest BCUT2D eigenvalue weighted by Gasteiger charge is -2.21. The van der Waals surface area contributed by atoms with Crippen LogP contribution in [0.2, 0.25) is 0 Å². The predicted octanol–water partition coefficient (Wildman–Crippen LogP) is 2.41. The van der Waals surface area contributed by atoms with Gasteiger partial charge in [-0.2, -0.15) is 0 Å². The first-order valence-corrected chi connectivity index (χ1v) is 5.53. The Balaban J connectivity index is 3.03. The zero-order valence-corrected chi connectivity index (χ0v) is 10.0. The Morgan fingerprint density at radius 2 is 2.06 bits per heavy atom. The lowest BCUT2D eigenvalue weighted by atomic mass is 9.89. The summed E-state index contributed by atoms with van der Waals surface area (Å²) < 4.78 is 0. The molecular formula is C13H19NO2. The first kappa shape index (κ1) is 12.7. The van der Waals surface area contributed by atoms with Crippen LogP contribution in [0.4, 0.5) is 0 Å². The molecule has 1 rings (SSSR count). The summed E-state index contributed by atoms with van der Waals surface area (Å²) in [7, 11) is 0. The lowest BCUT2D eigenvalue weighted by molar-refractivity contribution is -0.142. The van der Waals surface area contributed by atoms with Gasteiger partial charge in [0.05, 0.1) is 5.92 Å². The molecule has 3 heteroatoms. The van der Waals surface area contributed by atoms with Gasteiger partial charge in [0.25, 0.3) is 0 Å². The molecule has 0 bridgehead atoms. The number of aliphatic carboxylic acids is 1. The van der Waals surface area contributed by atoms with Gasteiger partial charge < -0.3 is 10.8 Å². The van der Waals surface area contributed by atoms with Gasteiger partial charge in [-0.1, -0.05) is 30.7 Å². The zero-order chi connectivity index (χ0) is 12.3. The van der Waals surface area contributed by atoms with Crippen molar-refractivity contribution in [1.29, 1.82) is 0 Å². The van der Waals surface area contributed by atoms with Crippen molar-refractivity contribution in [2.24, 2.45) is 11.7 Å². The maximum absolute atomic E-state index is 11.0. The molecule has 0 saturated carbocycles. The summed E-state index contributed by atoms with van der Waals surface area (Å²) in [5, 5.41) is 9.07. The van der Waals surface area contributed by atoms with E-state index in [0.717, 1.165) is 16.7 Å². The van der Waals surface area contributed by atoms with Gasteiger partial charge in [0.2, 0.25) is 0 Å². The summed E-state index contributed by atoms with van der Waals surface area (Å²) in [5.41, 5.74) is 9.18. The van der Waals surface area contributed by atoms with Crippen LogP contribution in [0.15, 0.2) is 18.2 Å². The van der Waals surface area contributed by atoms with Crippen LogP contribution in [0, 0.1) is 19.8 Å². The molecule has 1 aromatic carbocycles. The molecule has 1 aromatic rings. The van der Waals surface area contributed by atoms with E-state index in [4.69, 9.17) is 10.8 Å². The molecule has 2 atom stereocenters. The summed E-state index contributed by atoms with van der Waals surface area (Å²) in [6.07, 6.45) is 0.545. The summed E-state index contributed by atoms with van der Waals surface area (Å²) in [6, 6.07) is 5.50. The highest BCUT2D eigenvalue weighted by Crippen LogP contribution is 2.25. The number of benzene rings is 1. The average Bonchev–Trinajstić information content (AvgIpc) is 2.17. The minimum Gasteiger partial charge on any atom is -0.481 e. The van der Waals surface area contributed by atoms with Gasteiger partial charge in [-0.25, -0.2) is 0 Å². The quantitative estimate of drug-likeness (QED) is 0.820. The monoisotopic (exact) mass is 221 g/mol. The maximum atomic E-state index is 11.0. The van der Waals surface area contributed by atoms with Gasteiger partial charge in [0.1, 0.15) is 0 Å². The van der Waals surface area contributed by atoms with Gasteiger partial charge in [0.15, 0.2) is 0 Å². The van der Waals surface area contributed by atoms with Gasteiger partial charge in [-0.15, -0.1) is 0 Å². The highest BCUT2D eigenvalue weighted by atomic mass is 16.4. The summed E-state index contributed by atoms with van der Waals surface area (Å²) in [6.45, 7) is 5.83. The van der Waals surface area contributed by atoms with Crippen molar-refractivity contribution >= 4 is 5.97 Å². The van der Waals surface area contributed by atoms with Gasteiger partial charge in [-0.3, -0.25) is 4.79 Å². The van der Waals surface area contributed by atoms with Crippen molar-refractivity contribution in [3.8, 4) is 0 Å². The van der Waals surface area contributed by atoms with Crippen molar-refractivity contribution in [2.75, 3.05) is 0 Å². The van der Waals surface area contributed by atoms with Crippen molar-refractivity contribution in [3.63, 3.8) is 0 Å². The SMILES string of the molecule is CCC(C(=O)O)C(N)c1ccc(C)cc1C. The standard InChI is InChI=1S/C13H19NO2/c1-4-10(13(15)16)12(14)11-6-5-8(2)7-9(11)3/h5-7,10,12H,4,14H2,1-3H3,(H,15,16). The Labute approximate surface area is 96.3 Å². The molecule has 0 heterocycles. The van der Waals surface area contributed by atoms with Crippen LogP contribution in [-0.4, -0.2) is 11.1 Å². The Morgan fingerprint density at radius 3 is 2.50 bits per heavy atom. The van der Waals surface area contributed by atoms with Gasteiger partial charge in [0, 0.05) is 6.04 Å². The number of carboxylic acid groups (broad SMARTS) is 1. The predicted molar refractivity (Wildman–Crippen MR) is 64.3 cm³/mol. The molecule has 0 aliphatic carbocycles. The second kappa shape index (κ2) is 5.12. The second-order valence-electron chi connectivity index (χ2n) is 4.24. The minimum absolute atomic E-state index is 0.428. The molecule has 88 valence electrons. The molecule has 0 amide bonds. The second-order valence-corrected chi connectivity index (χ2v) is 4.24. The molecule has 0 saturated heterocycles. The van der Waals surface area contributed by atoms with Crippen molar-refractivity contribution in [3.05, 3.63) is 34.9 Å². The van der Waals surface area contributed by atoms with E-state index in [1.165, 1.54) is 0 Å². The highest BCUT2D eigenvalue weighted by molar-refractivity contribution is 5.71. The Kier molecular flexibility index (Phi) is 4.07. The van der Waals surface area contributed by atoms with Crippen LogP contribution in [0.5, 0.6) is 0 Å². The Hall–Kier alpha value is -1.35. The Bertz CT molecular complexity index is 388. The summed E-state index contributed by atoms with van der Waals surface area (Å²) in [4.78, 5) is 11.0. The third-order valence-corrected chi connectivity index (χ3v) is 2.97.